The van der Waals surface area contributed by atoms with E-state index in [-0.39, 0.29) is 17.9 Å². The standard InChI is InChI=1S/C14H16N4O3S2/c1-4-5-18-12(20)10-7(2)8(3)23-11(10)17-14(18)22-6-9(19)16-13(15)21/h4H,1,5-6H2,2-3H3,(H3,15,16,19,21). The molecule has 0 aliphatic heterocycles. The van der Waals surface area contributed by atoms with Gasteiger partial charge < -0.3 is 5.73 Å². The number of allylic oxidation sites excluding steroid dienone is 1. The average molecular weight is 352 g/mol. The largest absolute Gasteiger partial charge is 0.351 e. The zero-order chi connectivity index (χ0) is 17.1. The molecular weight excluding hydrogens is 336 g/mol. The number of rotatable bonds is 5. The molecule has 9 heteroatoms. The Hall–Kier alpha value is -2.13. The van der Waals surface area contributed by atoms with Gasteiger partial charge in [0.05, 0.1) is 11.1 Å². The molecule has 0 aromatic carbocycles. The molecule has 2 aromatic rings. The van der Waals surface area contributed by atoms with E-state index < -0.39 is 11.9 Å². The lowest BCUT2D eigenvalue weighted by Crippen LogP contribution is -2.36. The van der Waals surface area contributed by atoms with Gasteiger partial charge in [0, 0.05) is 11.4 Å². The van der Waals surface area contributed by atoms with Crippen LogP contribution in [-0.2, 0) is 11.3 Å². The molecule has 0 aliphatic rings. The van der Waals surface area contributed by atoms with Gasteiger partial charge in [-0.25, -0.2) is 9.78 Å². The summed E-state index contributed by atoms with van der Waals surface area (Å²) in [6.45, 7) is 7.76. The minimum absolute atomic E-state index is 0.0681. The van der Waals surface area contributed by atoms with Crippen LogP contribution in [0.15, 0.2) is 22.6 Å². The van der Waals surface area contributed by atoms with Crippen LogP contribution >= 0.6 is 23.1 Å². The van der Waals surface area contributed by atoms with Gasteiger partial charge in [-0.15, -0.1) is 17.9 Å². The summed E-state index contributed by atoms with van der Waals surface area (Å²) in [5, 5.41) is 2.98. The fourth-order valence-corrected chi connectivity index (χ4v) is 3.89. The van der Waals surface area contributed by atoms with Gasteiger partial charge in [-0.3, -0.25) is 19.5 Å². The van der Waals surface area contributed by atoms with Crippen LogP contribution in [0, 0.1) is 13.8 Å². The summed E-state index contributed by atoms with van der Waals surface area (Å²) in [7, 11) is 0. The van der Waals surface area contributed by atoms with E-state index in [4.69, 9.17) is 5.73 Å². The van der Waals surface area contributed by atoms with Crippen molar-refractivity contribution in [2.75, 3.05) is 5.75 Å². The van der Waals surface area contributed by atoms with Crippen LogP contribution in [0.2, 0.25) is 0 Å². The number of carbonyl (C=O) groups is 2. The number of aryl methyl sites for hydroxylation is 2. The molecule has 3 amide bonds. The van der Waals surface area contributed by atoms with E-state index in [1.807, 2.05) is 19.2 Å². The van der Waals surface area contributed by atoms with Gasteiger partial charge in [0.15, 0.2) is 5.16 Å². The van der Waals surface area contributed by atoms with Crippen molar-refractivity contribution >= 4 is 45.3 Å². The number of thiophene rings is 1. The number of amides is 3. The van der Waals surface area contributed by atoms with Crippen LogP contribution in [0.1, 0.15) is 10.4 Å². The van der Waals surface area contributed by atoms with E-state index >= 15 is 0 Å². The molecule has 0 bridgehead atoms. The lowest BCUT2D eigenvalue weighted by Gasteiger charge is -2.10. The van der Waals surface area contributed by atoms with E-state index in [0.717, 1.165) is 22.2 Å². The highest BCUT2D eigenvalue weighted by atomic mass is 32.2. The quantitative estimate of drug-likeness (QED) is 0.482. The molecule has 0 aliphatic carbocycles. The maximum Gasteiger partial charge on any atom is 0.318 e. The number of carbonyl (C=O) groups excluding carboxylic acids is 2. The number of fused-ring (bicyclic) bond motifs is 1. The number of nitrogens with two attached hydrogens (primary N) is 1. The zero-order valence-electron chi connectivity index (χ0n) is 12.7. The fourth-order valence-electron chi connectivity index (χ4n) is 2.01. The monoisotopic (exact) mass is 352 g/mol. The first-order chi connectivity index (χ1) is 10.8. The van der Waals surface area contributed by atoms with Gasteiger partial charge in [-0.2, -0.15) is 0 Å². The molecule has 0 unspecified atom stereocenters. The Bertz CT molecular complexity index is 854. The van der Waals surface area contributed by atoms with Gasteiger partial charge in [0.1, 0.15) is 4.83 Å². The molecule has 23 heavy (non-hydrogen) atoms. The first-order valence-electron chi connectivity index (χ1n) is 6.68. The first-order valence-corrected chi connectivity index (χ1v) is 8.48. The lowest BCUT2D eigenvalue weighted by molar-refractivity contribution is -0.117. The summed E-state index contributed by atoms with van der Waals surface area (Å²) in [6, 6.07) is -0.910. The molecule has 0 fully saturated rings. The van der Waals surface area contributed by atoms with Crippen molar-refractivity contribution in [1.29, 1.82) is 0 Å². The molecule has 7 nitrogen and oxygen atoms in total. The van der Waals surface area contributed by atoms with Gasteiger partial charge in [0.2, 0.25) is 5.91 Å². The normalized spacial score (nSPS) is 10.7. The minimum Gasteiger partial charge on any atom is -0.351 e. The second-order valence-corrected chi connectivity index (χ2v) is 6.91. The highest BCUT2D eigenvalue weighted by Crippen LogP contribution is 2.28. The highest BCUT2D eigenvalue weighted by molar-refractivity contribution is 7.99. The predicted molar refractivity (Wildman–Crippen MR) is 92.0 cm³/mol. The van der Waals surface area contributed by atoms with Crippen LogP contribution < -0.4 is 16.6 Å². The molecule has 0 saturated carbocycles. The summed E-state index contributed by atoms with van der Waals surface area (Å²) in [6.07, 6.45) is 1.59. The van der Waals surface area contributed by atoms with Gasteiger partial charge in [-0.1, -0.05) is 17.8 Å². The predicted octanol–water partition coefficient (Wildman–Crippen LogP) is 1.55. The molecule has 0 saturated heterocycles. The first kappa shape index (κ1) is 17.2. The maximum atomic E-state index is 12.7. The van der Waals surface area contributed by atoms with Crippen molar-refractivity contribution in [3.63, 3.8) is 0 Å². The Kier molecular flexibility index (Phi) is 5.22. The summed E-state index contributed by atoms with van der Waals surface area (Å²) in [4.78, 5) is 41.0. The minimum atomic E-state index is -0.910. The number of aromatic nitrogens is 2. The molecule has 2 aromatic heterocycles. The van der Waals surface area contributed by atoms with E-state index in [9.17, 15) is 14.4 Å². The molecular formula is C14H16N4O3S2. The van der Waals surface area contributed by atoms with Crippen molar-refractivity contribution in [2.45, 2.75) is 25.5 Å². The fraction of sp³-hybridized carbons (Fsp3) is 0.286. The number of hydrogen-bond donors (Lipinski definition) is 2. The summed E-state index contributed by atoms with van der Waals surface area (Å²) >= 11 is 2.51. The third kappa shape index (κ3) is 3.62. The van der Waals surface area contributed by atoms with Crippen molar-refractivity contribution < 1.29 is 9.59 Å². The topological polar surface area (TPSA) is 107 Å². The lowest BCUT2D eigenvalue weighted by atomic mass is 10.2. The van der Waals surface area contributed by atoms with Crippen molar-refractivity contribution in [1.82, 2.24) is 14.9 Å². The molecule has 0 atom stereocenters. The van der Waals surface area contributed by atoms with Crippen LogP contribution in [0.5, 0.6) is 0 Å². The number of nitrogens with zero attached hydrogens (tertiary/aromatic N) is 2. The number of thioether (sulfide) groups is 1. The Morgan fingerprint density at radius 1 is 1.48 bits per heavy atom. The van der Waals surface area contributed by atoms with Crippen LogP contribution in [0.4, 0.5) is 4.79 Å². The molecule has 0 radical (unpaired) electrons. The molecule has 2 rings (SSSR count). The Labute approximate surface area is 140 Å². The SMILES string of the molecule is C=CCn1c(SCC(=O)NC(N)=O)nc2sc(C)c(C)c2c1=O. The van der Waals surface area contributed by atoms with Crippen molar-refractivity contribution in [3.8, 4) is 0 Å². The number of urea groups is 1. The number of imide groups is 1. The second kappa shape index (κ2) is 6.97. The van der Waals surface area contributed by atoms with Gasteiger partial charge in [0.25, 0.3) is 5.56 Å². The third-order valence-electron chi connectivity index (χ3n) is 3.16. The maximum absolute atomic E-state index is 12.7. The Morgan fingerprint density at radius 2 is 2.17 bits per heavy atom. The summed E-state index contributed by atoms with van der Waals surface area (Å²) in [5.74, 6) is -0.609. The van der Waals surface area contributed by atoms with Crippen LogP contribution in [0.3, 0.4) is 0 Å². The van der Waals surface area contributed by atoms with Crippen molar-refractivity contribution in [2.24, 2.45) is 5.73 Å². The van der Waals surface area contributed by atoms with Gasteiger partial charge in [-0.05, 0) is 19.4 Å². The third-order valence-corrected chi connectivity index (χ3v) is 5.24. The number of hydrogen-bond acceptors (Lipinski definition) is 6. The summed E-state index contributed by atoms with van der Waals surface area (Å²) in [5.41, 5.74) is 5.66. The van der Waals surface area contributed by atoms with E-state index in [2.05, 4.69) is 11.6 Å². The molecule has 2 heterocycles. The van der Waals surface area contributed by atoms with E-state index in [1.165, 1.54) is 15.9 Å². The number of nitrogens with one attached hydrogen (secondary N) is 1. The Morgan fingerprint density at radius 3 is 2.78 bits per heavy atom. The zero-order valence-corrected chi connectivity index (χ0v) is 14.3. The average Bonchev–Trinajstić information content (AvgIpc) is 2.74. The second-order valence-electron chi connectivity index (χ2n) is 4.76. The molecule has 3 N–H and O–H groups in total. The molecule has 0 spiro atoms. The Balaban J connectivity index is 2.43. The van der Waals surface area contributed by atoms with E-state index in [0.29, 0.717) is 15.4 Å². The smallest absolute Gasteiger partial charge is 0.318 e. The van der Waals surface area contributed by atoms with Crippen molar-refractivity contribution in [3.05, 3.63) is 33.4 Å². The highest BCUT2D eigenvalue weighted by Gasteiger charge is 2.17. The van der Waals surface area contributed by atoms with Crippen LogP contribution in [0.25, 0.3) is 10.2 Å². The van der Waals surface area contributed by atoms with Gasteiger partial charge >= 0.3 is 6.03 Å². The molecule has 122 valence electrons. The van der Waals surface area contributed by atoms with E-state index in [1.54, 1.807) is 6.08 Å². The summed E-state index contributed by atoms with van der Waals surface area (Å²) < 4.78 is 1.47. The number of primary amides is 1. The van der Waals surface area contributed by atoms with Crippen LogP contribution in [-0.4, -0.2) is 27.2 Å².